The molecule has 2 aliphatic rings. The summed E-state index contributed by atoms with van der Waals surface area (Å²) in [5, 5.41) is 18.2. The first-order valence-corrected chi connectivity index (χ1v) is 10.2. The van der Waals surface area contributed by atoms with E-state index in [-0.39, 0.29) is 11.6 Å². The van der Waals surface area contributed by atoms with Gasteiger partial charge in [0.05, 0.1) is 11.7 Å². The fourth-order valence-electron chi connectivity index (χ4n) is 3.97. The fourth-order valence-corrected chi connectivity index (χ4v) is 4.76. The van der Waals surface area contributed by atoms with Gasteiger partial charge >= 0.3 is 0 Å². The average molecular weight is 375 g/mol. The van der Waals surface area contributed by atoms with Crippen molar-refractivity contribution in [3.63, 3.8) is 0 Å². The van der Waals surface area contributed by atoms with Gasteiger partial charge in [-0.1, -0.05) is 11.3 Å². The summed E-state index contributed by atoms with van der Waals surface area (Å²) in [6.45, 7) is 0.499. The van der Waals surface area contributed by atoms with Crippen LogP contribution in [0.25, 0.3) is 0 Å². The van der Waals surface area contributed by atoms with Crippen LogP contribution >= 0.6 is 11.3 Å². The molecule has 1 saturated carbocycles. The third-order valence-electron chi connectivity index (χ3n) is 5.34. The van der Waals surface area contributed by atoms with Crippen molar-refractivity contribution in [3.8, 4) is 0 Å². The van der Waals surface area contributed by atoms with Gasteiger partial charge in [0, 0.05) is 19.2 Å². The number of hydrogen-bond acceptors (Lipinski definition) is 7. The molecule has 0 aliphatic heterocycles. The van der Waals surface area contributed by atoms with Gasteiger partial charge in [-0.15, -0.1) is 10.2 Å². The normalized spacial score (nSPS) is 22.8. The van der Waals surface area contributed by atoms with Crippen LogP contribution in [0.1, 0.15) is 60.8 Å². The van der Waals surface area contributed by atoms with Gasteiger partial charge in [-0.2, -0.15) is 5.10 Å². The molecule has 0 bridgehead atoms. The first-order valence-electron chi connectivity index (χ1n) is 9.42. The average Bonchev–Trinajstić information content (AvgIpc) is 3.09. The highest BCUT2D eigenvalue weighted by Gasteiger charge is 2.25. The summed E-state index contributed by atoms with van der Waals surface area (Å²) in [4.78, 5) is 12.5. The molecule has 2 aliphatic carbocycles. The Hall–Kier alpha value is -1.80. The van der Waals surface area contributed by atoms with Crippen LogP contribution in [-0.4, -0.2) is 33.1 Å². The Morgan fingerprint density at radius 1 is 1.23 bits per heavy atom. The SMILES string of the molecule is COCc1nnc(NC2CCC(n3nc4c(cc3=O)CCCC4)CC2)s1. The number of aromatic nitrogens is 4. The quantitative estimate of drug-likeness (QED) is 0.865. The zero-order valence-electron chi connectivity index (χ0n) is 15.1. The van der Waals surface area contributed by atoms with E-state index in [1.807, 2.05) is 6.07 Å². The molecule has 8 heteroatoms. The van der Waals surface area contributed by atoms with Crippen LogP contribution in [0.4, 0.5) is 5.13 Å². The maximum absolute atomic E-state index is 12.5. The van der Waals surface area contributed by atoms with Gasteiger partial charge in [0.25, 0.3) is 5.56 Å². The van der Waals surface area contributed by atoms with Crippen molar-refractivity contribution in [1.82, 2.24) is 20.0 Å². The van der Waals surface area contributed by atoms with Crippen LogP contribution < -0.4 is 10.9 Å². The number of nitrogens with one attached hydrogen (secondary N) is 1. The number of fused-ring (bicyclic) bond motifs is 1. The zero-order valence-corrected chi connectivity index (χ0v) is 15.9. The van der Waals surface area contributed by atoms with Crippen LogP contribution in [0, 0.1) is 0 Å². The van der Waals surface area contributed by atoms with Crippen molar-refractivity contribution in [1.29, 1.82) is 0 Å². The largest absolute Gasteiger partial charge is 0.377 e. The molecular formula is C18H25N5O2S. The smallest absolute Gasteiger partial charge is 0.267 e. The van der Waals surface area contributed by atoms with E-state index >= 15 is 0 Å². The van der Waals surface area contributed by atoms with Gasteiger partial charge in [-0.3, -0.25) is 4.79 Å². The predicted octanol–water partition coefficient (Wildman–Crippen LogP) is 2.72. The third-order valence-corrected chi connectivity index (χ3v) is 6.17. The lowest BCUT2D eigenvalue weighted by atomic mass is 9.91. The van der Waals surface area contributed by atoms with Crippen LogP contribution in [0.5, 0.6) is 0 Å². The molecule has 7 nitrogen and oxygen atoms in total. The van der Waals surface area contributed by atoms with Crippen molar-refractivity contribution >= 4 is 16.5 Å². The van der Waals surface area contributed by atoms with Crippen molar-refractivity contribution in [2.24, 2.45) is 0 Å². The van der Waals surface area contributed by atoms with Crippen LogP contribution in [0.3, 0.4) is 0 Å². The van der Waals surface area contributed by atoms with E-state index in [1.54, 1.807) is 23.1 Å². The first-order chi connectivity index (χ1) is 12.7. The van der Waals surface area contributed by atoms with Gasteiger partial charge in [-0.25, -0.2) is 4.68 Å². The van der Waals surface area contributed by atoms with E-state index < -0.39 is 0 Å². The van der Waals surface area contributed by atoms with Crippen LogP contribution in [0.2, 0.25) is 0 Å². The molecule has 1 N–H and O–H groups in total. The lowest BCUT2D eigenvalue weighted by molar-refractivity contribution is 0.184. The summed E-state index contributed by atoms with van der Waals surface area (Å²) in [6, 6.07) is 2.42. The minimum absolute atomic E-state index is 0.0652. The van der Waals surface area contributed by atoms with E-state index in [2.05, 4.69) is 15.5 Å². The predicted molar refractivity (Wildman–Crippen MR) is 101 cm³/mol. The van der Waals surface area contributed by atoms with Gasteiger partial charge in [0.15, 0.2) is 0 Å². The Balaban J connectivity index is 1.38. The standard InChI is InChI=1S/C18H25N5O2S/c1-25-11-16-20-21-18(26-16)19-13-6-8-14(9-7-13)23-17(24)10-12-4-2-3-5-15(12)22-23/h10,13-14H,2-9,11H2,1H3,(H,19,21). The summed E-state index contributed by atoms with van der Waals surface area (Å²) >= 11 is 1.54. The van der Waals surface area contributed by atoms with Crippen molar-refractivity contribution in [3.05, 3.63) is 32.7 Å². The molecule has 26 heavy (non-hydrogen) atoms. The number of anilines is 1. The Bertz CT molecular complexity index is 810. The molecule has 0 aromatic carbocycles. The van der Waals surface area contributed by atoms with Crippen LogP contribution in [-0.2, 0) is 24.2 Å². The second kappa shape index (κ2) is 7.84. The monoisotopic (exact) mass is 375 g/mol. The summed E-state index contributed by atoms with van der Waals surface area (Å²) in [5.41, 5.74) is 2.36. The van der Waals surface area contributed by atoms with E-state index in [0.29, 0.717) is 12.6 Å². The molecule has 140 valence electrons. The highest BCUT2D eigenvalue weighted by Crippen LogP contribution is 2.30. The third kappa shape index (κ3) is 3.81. The lowest BCUT2D eigenvalue weighted by Gasteiger charge is -2.30. The topological polar surface area (TPSA) is 81.9 Å². The second-order valence-corrected chi connectivity index (χ2v) is 8.25. The number of rotatable bonds is 5. The fraction of sp³-hybridized carbons (Fsp3) is 0.667. The Kier molecular flexibility index (Phi) is 5.31. The second-order valence-electron chi connectivity index (χ2n) is 7.19. The minimum Gasteiger partial charge on any atom is -0.377 e. The lowest BCUT2D eigenvalue weighted by Crippen LogP contribution is -2.34. The van der Waals surface area contributed by atoms with Gasteiger partial charge in [-0.05, 0) is 56.9 Å². The molecular weight excluding hydrogens is 350 g/mol. The van der Waals surface area contributed by atoms with E-state index in [4.69, 9.17) is 9.84 Å². The Morgan fingerprint density at radius 3 is 2.85 bits per heavy atom. The molecule has 0 unspecified atom stereocenters. The molecule has 1 fully saturated rings. The number of hydrogen-bond donors (Lipinski definition) is 1. The summed E-state index contributed by atoms with van der Waals surface area (Å²) in [7, 11) is 1.66. The van der Waals surface area contributed by atoms with Gasteiger partial charge in [0.2, 0.25) is 5.13 Å². The number of methoxy groups -OCH3 is 1. The molecule has 2 aromatic rings. The molecule has 0 radical (unpaired) electrons. The number of aryl methyl sites for hydroxylation is 2. The van der Waals surface area contributed by atoms with Crippen molar-refractivity contribution < 1.29 is 4.74 Å². The van der Waals surface area contributed by atoms with Crippen LogP contribution in [0.15, 0.2) is 10.9 Å². The maximum atomic E-state index is 12.5. The Morgan fingerprint density at radius 2 is 2.04 bits per heavy atom. The molecule has 0 spiro atoms. The number of nitrogens with zero attached hydrogens (tertiary/aromatic N) is 4. The minimum atomic E-state index is 0.0652. The van der Waals surface area contributed by atoms with E-state index in [9.17, 15) is 4.79 Å². The molecule has 0 atom stereocenters. The van der Waals surface area contributed by atoms with Crippen molar-refractivity contribution in [2.45, 2.75) is 70.1 Å². The summed E-state index contributed by atoms with van der Waals surface area (Å²) in [5.74, 6) is 0. The van der Waals surface area contributed by atoms with Gasteiger partial charge < -0.3 is 10.1 Å². The molecule has 0 saturated heterocycles. The van der Waals surface area contributed by atoms with E-state index in [1.165, 1.54) is 12.8 Å². The molecule has 4 rings (SSSR count). The molecule has 2 heterocycles. The molecule has 2 aromatic heterocycles. The molecule has 0 amide bonds. The van der Waals surface area contributed by atoms with Gasteiger partial charge in [0.1, 0.15) is 11.6 Å². The number of ether oxygens (including phenoxy) is 1. The highest BCUT2D eigenvalue weighted by atomic mass is 32.1. The zero-order chi connectivity index (χ0) is 17.9. The summed E-state index contributed by atoms with van der Waals surface area (Å²) < 4.78 is 6.84. The maximum Gasteiger partial charge on any atom is 0.267 e. The highest BCUT2D eigenvalue weighted by molar-refractivity contribution is 7.15. The summed E-state index contributed by atoms with van der Waals surface area (Å²) in [6.07, 6.45) is 8.31. The van der Waals surface area contributed by atoms with Crippen molar-refractivity contribution in [2.75, 3.05) is 12.4 Å². The Labute approximate surface area is 156 Å². The van der Waals surface area contributed by atoms with E-state index in [0.717, 1.165) is 59.9 Å². The first kappa shape index (κ1) is 17.6.